The Morgan fingerprint density at radius 3 is 2.72 bits per heavy atom. The van der Waals surface area contributed by atoms with Crippen LogP contribution in [0.2, 0.25) is 0 Å². The maximum Gasteiger partial charge on any atom is 0.123 e. The van der Waals surface area contributed by atoms with Gasteiger partial charge in [-0.1, -0.05) is 0 Å². The van der Waals surface area contributed by atoms with Crippen LogP contribution in [-0.2, 0) is 4.74 Å². The number of benzene rings is 1. The van der Waals surface area contributed by atoms with Crippen molar-refractivity contribution in [1.82, 2.24) is 0 Å². The van der Waals surface area contributed by atoms with E-state index in [0.29, 0.717) is 6.61 Å². The van der Waals surface area contributed by atoms with Gasteiger partial charge in [0.05, 0.1) is 6.61 Å². The lowest BCUT2D eigenvalue weighted by Gasteiger charge is -2.35. The van der Waals surface area contributed by atoms with Gasteiger partial charge in [-0.15, -0.1) is 0 Å². The van der Waals surface area contributed by atoms with E-state index in [-0.39, 0.29) is 5.54 Å². The van der Waals surface area contributed by atoms with Crippen LogP contribution >= 0.6 is 0 Å². The molecule has 2 rings (SSSR count). The van der Waals surface area contributed by atoms with Crippen LogP contribution in [0, 0.1) is 0 Å². The molecule has 0 radical (unpaired) electrons. The highest BCUT2D eigenvalue weighted by atomic mass is 16.5. The van der Waals surface area contributed by atoms with E-state index in [1.165, 1.54) is 0 Å². The van der Waals surface area contributed by atoms with Crippen molar-refractivity contribution in [2.75, 3.05) is 30.9 Å². The Balaban J connectivity index is 2.12. The number of nitrogens with two attached hydrogens (primary N) is 1. The summed E-state index contributed by atoms with van der Waals surface area (Å²) >= 11 is 0. The molecule has 0 spiro atoms. The summed E-state index contributed by atoms with van der Waals surface area (Å²) in [6.07, 6.45) is 2.01. The first kappa shape index (κ1) is 13.0. The molecule has 0 amide bonds. The lowest BCUT2D eigenvalue weighted by molar-refractivity contribution is 0.0658. The van der Waals surface area contributed by atoms with Crippen LogP contribution in [0.3, 0.4) is 0 Å². The fourth-order valence-corrected chi connectivity index (χ4v) is 2.24. The predicted molar refractivity (Wildman–Crippen MR) is 74.1 cm³/mol. The normalized spacial score (nSPS) is 18.3. The van der Waals surface area contributed by atoms with Crippen molar-refractivity contribution >= 4 is 11.4 Å². The molecule has 4 nitrogen and oxygen atoms in total. The Hall–Kier alpha value is -1.42. The Morgan fingerprint density at radius 1 is 1.33 bits per heavy atom. The van der Waals surface area contributed by atoms with Crippen molar-refractivity contribution < 1.29 is 9.47 Å². The van der Waals surface area contributed by atoms with Crippen LogP contribution in [-0.4, -0.2) is 25.4 Å². The van der Waals surface area contributed by atoms with E-state index in [0.717, 1.165) is 43.2 Å². The quantitative estimate of drug-likeness (QED) is 0.807. The lowest BCUT2D eigenvalue weighted by Crippen LogP contribution is -2.40. The highest BCUT2D eigenvalue weighted by Gasteiger charge is 2.27. The van der Waals surface area contributed by atoms with Gasteiger partial charge >= 0.3 is 0 Å². The number of hydrogen-bond acceptors (Lipinski definition) is 4. The van der Waals surface area contributed by atoms with Crippen LogP contribution in [0.5, 0.6) is 5.75 Å². The molecular formula is C14H22N2O2. The third kappa shape index (κ3) is 3.29. The SMILES string of the molecule is CCOc1cc(N)cc(NC2(C)CCOCC2)c1. The van der Waals surface area contributed by atoms with E-state index in [2.05, 4.69) is 12.2 Å². The summed E-state index contributed by atoms with van der Waals surface area (Å²) in [7, 11) is 0. The molecule has 18 heavy (non-hydrogen) atoms. The van der Waals surface area contributed by atoms with Crippen LogP contribution in [0.1, 0.15) is 26.7 Å². The number of ether oxygens (including phenoxy) is 2. The van der Waals surface area contributed by atoms with Gasteiger partial charge in [-0.05, 0) is 32.8 Å². The van der Waals surface area contributed by atoms with E-state index in [9.17, 15) is 0 Å². The molecule has 1 fully saturated rings. The standard InChI is InChI=1S/C14H22N2O2/c1-3-18-13-9-11(15)8-12(10-13)16-14(2)4-6-17-7-5-14/h8-10,16H,3-7,15H2,1-2H3. The first-order valence-corrected chi connectivity index (χ1v) is 6.51. The van der Waals surface area contributed by atoms with Crippen LogP contribution in [0.4, 0.5) is 11.4 Å². The second kappa shape index (κ2) is 5.48. The molecule has 100 valence electrons. The van der Waals surface area contributed by atoms with Crippen molar-refractivity contribution in [3.05, 3.63) is 18.2 Å². The maximum absolute atomic E-state index is 5.89. The van der Waals surface area contributed by atoms with Gasteiger partial charge in [-0.2, -0.15) is 0 Å². The van der Waals surface area contributed by atoms with Gasteiger partial charge in [0, 0.05) is 42.3 Å². The topological polar surface area (TPSA) is 56.5 Å². The molecule has 4 heteroatoms. The number of hydrogen-bond donors (Lipinski definition) is 2. The molecule has 0 atom stereocenters. The largest absolute Gasteiger partial charge is 0.494 e. The molecule has 0 unspecified atom stereocenters. The summed E-state index contributed by atoms with van der Waals surface area (Å²) in [5.74, 6) is 0.815. The van der Waals surface area contributed by atoms with Crippen molar-refractivity contribution in [2.45, 2.75) is 32.2 Å². The summed E-state index contributed by atoms with van der Waals surface area (Å²) in [4.78, 5) is 0. The fraction of sp³-hybridized carbons (Fsp3) is 0.571. The zero-order chi connectivity index (χ0) is 13.0. The highest BCUT2D eigenvalue weighted by Crippen LogP contribution is 2.29. The molecule has 0 bridgehead atoms. The van der Waals surface area contributed by atoms with E-state index in [1.807, 2.05) is 25.1 Å². The maximum atomic E-state index is 5.89. The first-order chi connectivity index (χ1) is 8.61. The molecule has 1 aromatic carbocycles. The van der Waals surface area contributed by atoms with Crippen LogP contribution in [0.15, 0.2) is 18.2 Å². The Kier molecular flexibility index (Phi) is 3.97. The monoisotopic (exact) mass is 250 g/mol. The van der Waals surface area contributed by atoms with Gasteiger partial charge in [0.2, 0.25) is 0 Å². The minimum atomic E-state index is 0.0789. The van der Waals surface area contributed by atoms with Crippen LogP contribution < -0.4 is 15.8 Å². The molecule has 1 aliphatic rings. The minimum Gasteiger partial charge on any atom is -0.494 e. The van der Waals surface area contributed by atoms with Gasteiger partial charge in [0.25, 0.3) is 0 Å². The summed E-state index contributed by atoms with van der Waals surface area (Å²) in [6.45, 7) is 6.46. The predicted octanol–water partition coefficient (Wildman–Crippen LogP) is 2.65. The second-order valence-electron chi connectivity index (χ2n) is 5.02. The highest BCUT2D eigenvalue weighted by molar-refractivity contribution is 5.60. The third-order valence-electron chi connectivity index (χ3n) is 3.28. The van der Waals surface area contributed by atoms with Gasteiger partial charge in [0.15, 0.2) is 0 Å². The van der Waals surface area contributed by atoms with E-state index in [4.69, 9.17) is 15.2 Å². The molecule has 1 aromatic rings. The van der Waals surface area contributed by atoms with Gasteiger partial charge in [0.1, 0.15) is 5.75 Å². The number of rotatable bonds is 4. The fourth-order valence-electron chi connectivity index (χ4n) is 2.24. The molecule has 1 aliphatic heterocycles. The zero-order valence-corrected chi connectivity index (χ0v) is 11.2. The third-order valence-corrected chi connectivity index (χ3v) is 3.28. The van der Waals surface area contributed by atoms with Crippen molar-refractivity contribution in [1.29, 1.82) is 0 Å². The van der Waals surface area contributed by atoms with E-state index in [1.54, 1.807) is 0 Å². The second-order valence-corrected chi connectivity index (χ2v) is 5.02. The molecule has 1 saturated heterocycles. The Labute approximate surface area is 108 Å². The van der Waals surface area contributed by atoms with Gasteiger partial charge < -0.3 is 20.5 Å². The van der Waals surface area contributed by atoms with Gasteiger partial charge in [-0.25, -0.2) is 0 Å². The molecule has 0 saturated carbocycles. The van der Waals surface area contributed by atoms with E-state index >= 15 is 0 Å². The smallest absolute Gasteiger partial charge is 0.123 e. The summed E-state index contributed by atoms with van der Waals surface area (Å²) < 4.78 is 10.9. The zero-order valence-electron chi connectivity index (χ0n) is 11.2. The molecular weight excluding hydrogens is 228 g/mol. The number of nitrogen functional groups attached to an aromatic ring is 1. The average Bonchev–Trinajstić information content (AvgIpc) is 2.28. The van der Waals surface area contributed by atoms with Crippen LogP contribution in [0.25, 0.3) is 0 Å². The van der Waals surface area contributed by atoms with E-state index < -0.39 is 0 Å². The summed E-state index contributed by atoms with van der Waals surface area (Å²) in [6, 6.07) is 5.80. The van der Waals surface area contributed by atoms with Crippen molar-refractivity contribution in [3.8, 4) is 5.75 Å². The number of anilines is 2. The van der Waals surface area contributed by atoms with Crippen molar-refractivity contribution in [2.24, 2.45) is 0 Å². The minimum absolute atomic E-state index is 0.0789. The summed E-state index contributed by atoms with van der Waals surface area (Å²) in [5.41, 5.74) is 7.71. The molecule has 0 aromatic heterocycles. The Bertz CT molecular complexity index is 401. The first-order valence-electron chi connectivity index (χ1n) is 6.51. The number of nitrogens with one attached hydrogen (secondary N) is 1. The lowest BCUT2D eigenvalue weighted by atomic mass is 9.92. The Morgan fingerprint density at radius 2 is 2.06 bits per heavy atom. The molecule has 1 heterocycles. The average molecular weight is 250 g/mol. The van der Waals surface area contributed by atoms with Gasteiger partial charge in [-0.3, -0.25) is 0 Å². The molecule has 3 N–H and O–H groups in total. The van der Waals surface area contributed by atoms with Crippen molar-refractivity contribution in [3.63, 3.8) is 0 Å². The molecule has 0 aliphatic carbocycles. The summed E-state index contributed by atoms with van der Waals surface area (Å²) in [5, 5.41) is 3.56.